The van der Waals surface area contributed by atoms with Gasteiger partial charge in [-0.3, -0.25) is 4.79 Å². The molecule has 0 saturated carbocycles. The molecule has 1 aliphatic heterocycles. The Labute approximate surface area is 103 Å². The molecule has 0 N–H and O–H groups in total. The fraction of sp³-hybridized carbons (Fsp3) is 0.846. The molecule has 17 heavy (non-hydrogen) atoms. The van der Waals surface area contributed by atoms with Crippen LogP contribution < -0.4 is 0 Å². The van der Waals surface area contributed by atoms with Gasteiger partial charge in [-0.25, -0.2) is 4.79 Å². The summed E-state index contributed by atoms with van der Waals surface area (Å²) in [5.41, 5.74) is 0. The molecule has 0 aromatic carbocycles. The lowest BCUT2D eigenvalue weighted by atomic mass is 9.99. The van der Waals surface area contributed by atoms with Crippen LogP contribution in [0.25, 0.3) is 0 Å². The zero-order valence-corrected chi connectivity index (χ0v) is 11.1. The molecule has 1 amide bonds. The van der Waals surface area contributed by atoms with Gasteiger partial charge in [-0.15, -0.1) is 0 Å². The first-order valence-corrected chi connectivity index (χ1v) is 6.47. The lowest BCUT2D eigenvalue weighted by Crippen LogP contribution is -2.48. The normalized spacial score (nSPS) is 22.1. The minimum absolute atomic E-state index is 0.0921. The highest BCUT2D eigenvalue weighted by Gasteiger charge is 2.32. The number of ether oxygens (including phenoxy) is 1. The van der Waals surface area contributed by atoms with Crippen molar-refractivity contribution in [3.63, 3.8) is 0 Å². The van der Waals surface area contributed by atoms with Crippen LogP contribution >= 0.6 is 0 Å². The zero-order valence-electron chi connectivity index (χ0n) is 11.1. The van der Waals surface area contributed by atoms with Gasteiger partial charge in [0.15, 0.2) is 0 Å². The van der Waals surface area contributed by atoms with Crippen LogP contribution in [0.15, 0.2) is 0 Å². The van der Waals surface area contributed by atoms with Gasteiger partial charge in [0.1, 0.15) is 6.04 Å². The largest absolute Gasteiger partial charge is 0.467 e. The number of esters is 1. The molecular weight excluding hydrogens is 218 g/mol. The van der Waals surface area contributed by atoms with Gasteiger partial charge >= 0.3 is 5.97 Å². The Morgan fingerprint density at radius 2 is 2.12 bits per heavy atom. The van der Waals surface area contributed by atoms with E-state index in [4.69, 9.17) is 4.74 Å². The quantitative estimate of drug-likeness (QED) is 0.707. The van der Waals surface area contributed by atoms with Crippen LogP contribution in [0.1, 0.15) is 46.0 Å². The molecule has 0 aliphatic carbocycles. The predicted molar refractivity (Wildman–Crippen MR) is 65.4 cm³/mol. The van der Waals surface area contributed by atoms with Crippen LogP contribution in [0.2, 0.25) is 0 Å². The van der Waals surface area contributed by atoms with E-state index in [-0.39, 0.29) is 17.9 Å². The summed E-state index contributed by atoms with van der Waals surface area (Å²) in [7, 11) is 1.38. The molecule has 4 nitrogen and oxygen atoms in total. The van der Waals surface area contributed by atoms with Crippen LogP contribution in [0.4, 0.5) is 0 Å². The van der Waals surface area contributed by atoms with Gasteiger partial charge in [0, 0.05) is 13.0 Å². The molecule has 1 heterocycles. The van der Waals surface area contributed by atoms with E-state index in [0.717, 1.165) is 25.7 Å². The second kappa shape index (κ2) is 6.62. The van der Waals surface area contributed by atoms with E-state index >= 15 is 0 Å². The van der Waals surface area contributed by atoms with Crippen LogP contribution in [0, 0.1) is 5.92 Å². The second-order valence-corrected chi connectivity index (χ2v) is 4.84. The molecule has 0 aromatic rings. The van der Waals surface area contributed by atoms with E-state index in [2.05, 4.69) is 13.8 Å². The van der Waals surface area contributed by atoms with Crippen LogP contribution in [0.3, 0.4) is 0 Å². The number of likely N-dealkylation sites (tertiary alicyclic amines) is 1. The minimum atomic E-state index is -0.356. The van der Waals surface area contributed by atoms with E-state index in [9.17, 15) is 9.59 Å². The van der Waals surface area contributed by atoms with Crippen molar-refractivity contribution < 1.29 is 14.3 Å². The summed E-state index contributed by atoms with van der Waals surface area (Å²) in [5.74, 6) is 0.194. The first-order chi connectivity index (χ1) is 8.10. The third-order valence-electron chi connectivity index (χ3n) is 3.52. The fourth-order valence-electron chi connectivity index (χ4n) is 2.17. The van der Waals surface area contributed by atoms with Gasteiger partial charge in [-0.2, -0.15) is 0 Å². The van der Waals surface area contributed by atoms with Gasteiger partial charge in [0.25, 0.3) is 0 Å². The minimum Gasteiger partial charge on any atom is -0.467 e. The monoisotopic (exact) mass is 241 g/mol. The smallest absolute Gasteiger partial charge is 0.328 e. The van der Waals surface area contributed by atoms with Crippen molar-refractivity contribution in [2.24, 2.45) is 5.92 Å². The summed E-state index contributed by atoms with van der Waals surface area (Å²) in [4.78, 5) is 25.4. The molecule has 1 aliphatic rings. The summed E-state index contributed by atoms with van der Waals surface area (Å²) < 4.78 is 4.77. The van der Waals surface area contributed by atoms with Gasteiger partial charge in [-0.1, -0.05) is 20.3 Å². The third-order valence-corrected chi connectivity index (χ3v) is 3.52. The fourth-order valence-corrected chi connectivity index (χ4v) is 2.17. The van der Waals surface area contributed by atoms with Gasteiger partial charge in [0.05, 0.1) is 7.11 Å². The van der Waals surface area contributed by atoms with E-state index in [1.165, 1.54) is 7.11 Å². The average molecular weight is 241 g/mol. The Morgan fingerprint density at radius 3 is 2.71 bits per heavy atom. The molecule has 1 unspecified atom stereocenters. The average Bonchev–Trinajstić information content (AvgIpc) is 2.37. The Morgan fingerprint density at radius 1 is 1.41 bits per heavy atom. The summed E-state index contributed by atoms with van der Waals surface area (Å²) in [6.45, 7) is 4.83. The Bertz CT molecular complexity index is 278. The highest BCUT2D eigenvalue weighted by Crippen LogP contribution is 2.20. The molecule has 0 radical (unpaired) electrons. The number of carbonyl (C=O) groups excluding carboxylic acids is 2. The van der Waals surface area contributed by atoms with Crippen molar-refractivity contribution in [2.45, 2.75) is 52.0 Å². The summed E-state index contributed by atoms with van der Waals surface area (Å²) in [6, 6.07) is -0.356. The number of hydrogen-bond donors (Lipinski definition) is 0. The maximum Gasteiger partial charge on any atom is 0.328 e. The van der Waals surface area contributed by atoms with Crippen molar-refractivity contribution in [2.75, 3.05) is 13.7 Å². The molecule has 1 saturated heterocycles. The van der Waals surface area contributed by atoms with E-state index in [1.807, 2.05) is 0 Å². The van der Waals surface area contributed by atoms with Crippen molar-refractivity contribution in [1.29, 1.82) is 0 Å². The second-order valence-electron chi connectivity index (χ2n) is 4.84. The third kappa shape index (κ3) is 3.72. The topological polar surface area (TPSA) is 46.6 Å². The molecule has 0 spiro atoms. The van der Waals surface area contributed by atoms with Crippen molar-refractivity contribution in [3.05, 3.63) is 0 Å². The molecule has 2 atom stereocenters. The summed E-state index contributed by atoms with van der Waals surface area (Å²) >= 11 is 0. The number of piperidine rings is 1. The van der Waals surface area contributed by atoms with Crippen LogP contribution in [0.5, 0.6) is 0 Å². The summed E-state index contributed by atoms with van der Waals surface area (Å²) in [6.07, 6.45) is 4.23. The van der Waals surface area contributed by atoms with Gasteiger partial charge in [-0.05, 0) is 25.2 Å². The SMILES string of the molecule is CCC(C)CC(=O)N1CCCC[C@@H]1C(=O)OC. The Hall–Kier alpha value is -1.06. The molecule has 0 bridgehead atoms. The predicted octanol–water partition coefficient (Wildman–Crippen LogP) is 1.98. The van der Waals surface area contributed by atoms with E-state index in [1.54, 1.807) is 4.90 Å². The molecule has 1 rings (SSSR count). The van der Waals surface area contributed by atoms with Crippen LogP contribution in [-0.4, -0.2) is 36.5 Å². The highest BCUT2D eigenvalue weighted by molar-refractivity contribution is 5.84. The Balaban J connectivity index is 2.64. The lowest BCUT2D eigenvalue weighted by Gasteiger charge is -2.34. The molecule has 0 aromatic heterocycles. The summed E-state index contributed by atoms with van der Waals surface area (Å²) in [5, 5.41) is 0. The standard InChI is InChI=1S/C13H23NO3/c1-4-10(2)9-12(15)14-8-6-5-7-11(14)13(16)17-3/h10-11H,4-9H2,1-3H3/t10?,11-/m1/s1. The maximum absolute atomic E-state index is 12.1. The van der Waals surface area contributed by atoms with Gasteiger partial charge in [0.2, 0.25) is 5.91 Å². The van der Waals surface area contributed by atoms with E-state index < -0.39 is 0 Å². The molecule has 4 heteroatoms. The van der Waals surface area contributed by atoms with E-state index in [0.29, 0.717) is 18.9 Å². The number of nitrogens with zero attached hydrogens (tertiary/aromatic N) is 1. The first-order valence-electron chi connectivity index (χ1n) is 6.47. The number of amides is 1. The van der Waals surface area contributed by atoms with Crippen LogP contribution in [-0.2, 0) is 14.3 Å². The van der Waals surface area contributed by atoms with Crippen molar-refractivity contribution in [1.82, 2.24) is 4.90 Å². The molecule has 98 valence electrons. The van der Waals surface area contributed by atoms with Crippen molar-refractivity contribution >= 4 is 11.9 Å². The zero-order chi connectivity index (χ0) is 12.8. The molecule has 1 fully saturated rings. The highest BCUT2D eigenvalue weighted by atomic mass is 16.5. The maximum atomic E-state index is 12.1. The Kier molecular flexibility index (Phi) is 5.45. The number of rotatable bonds is 4. The van der Waals surface area contributed by atoms with Crippen molar-refractivity contribution in [3.8, 4) is 0 Å². The lowest BCUT2D eigenvalue weighted by molar-refractivity contribution is -0.155. The molecular formula is C13H23NO3. The van der Waals surface area contributed by atoms with Gasteiger partial charge < -0.3 is 9.64 Å². The first kappa shape index (κ1) is 14.0. The number of carbonyl (C=O) groups is 2. The number of methoxy groups -OCH3 is 1. The number of hydrogen-bond acceptors (Lipinski definition) is 3.